The van der Waals surface area contributed by atoms with Crippen LogP contribution in [0.2, 0.25) is 0 Å². The van der Waals surface area contributed by atoms with Gasteiger partial charge in [0.2, 0.25) is 0 Å². The van der Waals surface area contributed by atoms with Gasteiger partial charge in [0, 0.05) is 5.57 Å². The fraction of sp³-hybridized carbons (Fsp3) is 0.667. The van der Waals surface area contributed by atoms with Gasteiger partial charge in [-0.15, -0.1) is 0 Å². The van der Waals surface area contributed by atoms with Gasteiger partial charge in [-0.2, -0.15) is 0 Å². The first-order valence-corrected chi connectivity index (χ1v) is 4.15. The first-order valence-electron chi connectivity index (χ1n) is 4.15. The van der Waals surface area contributed by atoms with Crippen LogP contribution in [0.3, 0.4) is 0 Å². The van der Waals surface area contributed by atoms with Crippen molar-refractivity contribution in [3.8, 4) is 0 Å². The molecule has 0 spiro atoms. The predicted molar refractivity (Wildman–Crippen MR) is 50.5 cm³/mol. The molecule has 3 nitrogen and oxygen atoms in total. The number of rotatable bonds is 4. The molecule has 78 valence electrons. The molecule has 0 radical (unpaired) electrons. The molecule has 0 saturated heterocycles. The minimum Gasteiger partial charge on any atom is -1.00 e. The highest BCUT2D eigenvalue weighted by Crippen LogP contribution is 1.93. The highest BCUT2D eigenvalue weighted by molar-refractivity contribution is 5.91. The van der Waals surface area contributed by atoms with Crippen LogP contribution < -0.4 is 29.3 Å². The SMILES string of the molecule is C=C(C)C(=O)NC[N+](C)(C)CC.[I-]. The van der Waals surface area contributed by atoms with Gasteiger partial charge in [0.05, 0.1) is 20.6 Å². The second-order valence-electron chi connectivity index (χ2n) is 3.70. The lowest BCUT2D eigenvalue weighted by Gasteiger charge is -2.28. The third-order valence-corrected chi connectivity index (χ3v) is 1.91. The van der Waals surface area contributed by atoms with E-state index in [1.165, 1.54) is 0 Å². The Bertz CT molecular complexity index is 190. The number of hydrogen-bond donors (Lipinski definition) is 1. The van der Waals surface area contributed by atoms with Crippen LogP contribution in [0.25, 0.3) is 0 Å². The van der Waals surface area contributed by atoms with Gasteiger partial charge in [0.25, 0.3) is 5.91 Å². The smallest absolute Gasteiger partial charge is 0.250 e. The minimum atomic E-state index is -0.0605. The predicted octanol–water partition coefficient (Wildman–Crippen LogP) is -2.26. The summed E-state index contributed by atoms with van der Waals surface area (Å²) in [4.78, 5) is 11.1. The molecule has 0 aliphatic rings. The average molecular weight is 298 g/mol. The number of hydrogen-bond acceptors (Lipinski definition) is 1. The van der Waals surface area contributed by atoms with E-state index in [0.717, 1.165) is 11.0 Å². The lowest BCUT2D eigenvalue weighted by atomic mass is 10.3. The standard InChI is InChI=1S/C9H18N2O.HI/c1-6-11(4,5)7-10-9(12)8(2)3;/h2,6-7H2,1,3-5H3;1H. The maximum Gasteiger partial charge on any atom is 0.250 e. The molecule has 0 unspecified atom stereocenters. The molecule has 0 saturated carbocycles. The van der Waals surface area contributed by atoms with Crippen LogP contribution in [-0.2, 0) is 4.79 Å². The second kappa shape index (κ2) is 6.37. The summed E-state index contributed by atoms with van der Waals surface area (Å²) in [6.45, 7) is 9.01. The number of amides is 1. The zero-order valence-electron chi connectivity index (χ0n) is 8.85. The molecular formula is C9H19IN2O. The molecule has 1 N–H and O–H groups in total. The van der Waals surface area contributed by atoms with E-state index in [1.807, 2.05) is 0 Å². The number of nitrogens with zero attached hydrogens (tertiary/aromatic N) is 1. The molecule has 0 heterocycles. The molecule has 0 aromatic carbocycles. The maximum absolute atomic E-state index is 11.1. The minimum absolute atomic E-state index is 0. The summed E-state index contributed by atoms with van der Waals surface area (Å²) >= 11 is 0. The van der Waals surface area contributed by atoms with Crippen molar-refractivity contribution in [3.63, 3.8) is 0 Å². The monoisotopic (exact) mass is 298 g/mol. The molecule has 0 atom stereocenters. The summed E-state index contributed by atoms with van der Waals surface area (Å²) in [5.41, 5.74) is 0.561. The number of nitrogens with one attached hydrogen (secondary N) is 1. The molecule has 0 aromatic heterocycles. The van der Waals surface area contributed by atoms with Gasteiger partial charge in [-0.1, -0.05) is 6.58 Å². The van der Waals surface area contributed by atoms with E-state index in [9.17, 15) is 4.79 Å². The van der Waals surface area contributed by atoms with Gasteiger partial charge in [0.1, 0.15) is 0 Å². The first kappa shape index (κ1) is 15.4. The first-order chi connectivity index (χ1) is 5.39. The molecule has 0 aliphatic carbocycles. The zero-order chi connectivity index (χ0) is 9.78. The van der Waals surface area contributed by atoms with Crippen LogP contribution in [0.1, 0.15) is 13.8 Å². The molecule has 0 rings (SSSR count). The van der Waals surface area contributed by atoms with Crippen molar-refractivity contribution < 1.29 is 33.3 Å². The summed E-state index contributed by atoms with van der Waals surface area (Å²) in [5.74, 6) is -0.0605. The molecule has 0 bridgehead atoms. The van der Waals surface area contributed by atoms with Crippen LogP contribution in [0, 0.1) is 0 Å². The number of quaternary nitrogens is 1. The Balaban J connectivity index is 0. The molecule has 0 aliphatic heterocycles. The fourth-order valence-electron chi connectivity index (χ4n) is 0.549. The van der Waals surface area contributed by atoms with Crippen LogP contribution in [-0.4, -0.2) is 37.7 Å². The summed E-state index contributed by atoms with van der Waals surface area (Å²) in [6.07, 6.45) is 0. The molecule has 4 heteroatoms. The van der Waals surface area contributed by atoms with Gasteiger partial charge in [-0.05, 0) is 13.8 Å². The topological polar surface area (TPSA) is 29.1 Å². The molecule has 1 amide bonds. The van der Waals surface area contributed by atoms with E-state index < -0.39 is 0 Å². The Hall–Kier alpha value is -0.100. The van der Waals surface area contributed by atoms with Crippen molar-refractivity contribution >= 4 is 5.91 Å². The van der Waals surface area contributed by atoms with Crippen LogP contribution in [0.15, 0.2) is 12.2 Å². The van der Waals surface area contributed by atoms with Gasteiger partial charge in [-0.3, -0.25) is 4.79 Å². The van der Waals surface area contributed by atoms with E-state index in [2.05, 4.69) is 32.9 Å². The van der Waals surface area contributed by atoms with Gasteiger partial charge >= 0.3 is 0 Å². The summed E-state index contributed by atoms with van der Waals surface area (Å²) in [7, 11) is 4.14. The average Bonchev–Trinajstić information content (AvgIpc) is 2.00. The van der Waals surface area contributed by atoms with Crippen molar-refractivity contribution in [2.45, 2.75) is 13.8 Å². The van der Waals surface area contributed by atoms with E-state index in [0.29, 0.717) is 12.2 Å². The third-order valence-electron chi connectivity index (χ3n) is 1.91. The largest absolute Gasteiger partial charge is 1.00 e. The Morgan fingerprint density at radius 3 is 2.23 bits per heavy atom. The Kier molecular flexibility index (Phi) is 7.53. The Morgan fingerprint density at radius 2 is 1.92 bits per heavy atom. The normalized spacial score (nSPS) is 10.2. The summed E-state index contributed by atoms with van der Waals surface area (Å²) in [5, 5.41) is 2.81. The molecule has 0 aromatic rings. The third kappa shape index (κ3) is 7.01. The molecular weight excluding hydrogens is 279 g/mol. The van der Waals surface area contributed by atoms with Crippen molar-refractivity contribution in [1.29, 1.82) is 0 Å². The lowest BCUT2D eigenvalue weighted by Crippen LogP contribution is -3.00. The number of carbonyl (C=O) groups is 1. The number of carbonyl (C=O) groups excluding carboxylic acids is 1. The van der Waals surface area contributed by atoms with Crippen molar-refractivity contribution in [2.24, 2.45) is 0 Å². The van der Waals surface area contributed by atoms with Crippen LogP contribution in [0.4, 0.5) is 0 Å². The van der Waals surface area contributed by atoms with Gasteiger partial charge in [0.15, 0.2) is 6.67 Å². The van der Waals surface area contributed by atoms with E-state index >= 15 is 0 Å². The molecule has 0 fully saturated rings. The zero-order valence-corrected chi connectivity index (χ0v) is 11.0. The summed E-state index contributed by atoms with van der Waals surface area (Å²) in [6, 6.07) is 0. The van der Waals surface area contributed by atoms with Crippen LogP contribution in [0.5, 0.6) is 0 Å². The highest BCUT2D eigenvalue weighted by Gasteiger charge is 2.12. The van der Waals surface area contributed by atoms with Crippen molar-refractivity contribution in [2.75, 3.05) is 27.3 Å². The second-order valence-corrected chi connectivity index (χ2v) is 3.70. The highest BCUT2D eigenvalue weighted by atomic mass is 127. The fourth-order valence-corrected chi connectivity index (χ4v) is 0.549. The Morgan fingerprint density at radius 1 is 1.46 bits per heavy atom. The Labute approximate surface area is 97.8 Å². The summed E-state index contributed by atoms with van der Waals surface area (Å²) < 4.78 is 0.791. The van der Waals surface area contributed by atoms with E-state index in [-0.39, 0.29) is 29.9 Å². The molecule has 13 heavy (non-hydrogen) atoms. The quantitative estimate of drug-likeness (QED) is 0.270. The van der Waals surface area contributed by atoms with E-state index in [1.54, 1.807) is 6.92 Å². The maximum atomic E-state index is 11.1. The van der Waals surface area contributed by atoms with Crippen molar-refractivity contribution in [1.82, 2.24) is 5.32 Å². The van der Waals surface area contributed by atoms with E-state index in [4.69, 9.17) is 0 Å². The van der Waals surface area contributed by atoms with Crippen LogP contribution >= 0.6 is 0 Å². The van der Waals surface area contributed by atoms with Crippen molar-refractivity contribution in [3.05, 3.63) is 12.2 Å². The lowest BCUT2D eigenvalue weighted by molar-refractivity contribution is -0.890. The number of halogens is 1. The van der Waals surface area contributed by atoms with Gasteiger partial charge in [-0.25, -0.2) is 0 Å². The van der Waals surface area contributed by atoms with Gasteiger partial charge < -0.3 is 33.8 Å².